The summed E-state index contributed by atoms with van der Waals surface area (Å²) in [5.41, 5.74) is 7.44. The van der Waals surface area contributed by atoms with E-state index in [4.69, 9.17) is 15.0 Å². The molecular formula is C15H13N3O3. The van der Waals surface area contributed by atoms with E-state index in [9.17, 15) is 4.79 Å². The van der Waals surface area contributed by atoms with Crippen molar-refractivity contribution in [2.24, 2.45) is 0 Å². The van der Waals surface area contributed by atoms with Gasteiger partial charge in [-0.2, -0.15) is 0 Å². The fourth-order valence-corrected chi connectivity index (χ4v) is 2.14. The van der Waals surface area contributed by atoms with E-state index in [1.165, 1.54) is 6.07 Å². The standard InChI is InChI=1S/C15H13N3O3/c1-20-10-4-2-3-9(7-10)13-14(21-18-15(13)16)11-8-17-6-5-12(11)19/h2-8H,1H3,(H2,16,18)(H,17,19). The number of hydrogen-bond acceptors (Lipinski definition) is 5. The number of aromatic nitrogens is 2. The number of nitrogens with zero attached hydrogens (tertiary/aromatic N) is 1. The maximum Gasteiger partial charge on any atom is 0.192 e. The average Bonchev–Trinajstić information content (AvgIpc) is 2.89. The van der Waals surface area contributed by atoms with Gasteiger partial charge in [-0.3, -0.25) is 4.79 Å². The van der Waals surface area contributed by atoms with Crippen LogP contribution in [0.3, 0.4) is 0 Å². The first kappa shape index (κ1) is 13.0. The van der Waals surface area contributed by atoms with Gasteiger partial charge in [0.15, 0.2) is 17.0 Å². The van der Waals surface area contributed by atoms with Gasteiger partial charge in [0.1, 0.15) is 5.75 Å². The second-order valence-electron chi connectivity index (χ2n) is 4.43. The molecule has 1 aromatic carbocycles. The van der Waals surface area contributed by atoms with Gasteiger partial charge in [-0.05, 0) is 17.7 Å². The third kappa shape index (κ3) is 2.27. The Morgan fingerprint density at radius 3 is 2.95 bits per heavy atom. The molecule has 0 amide bonds. The molecule has 0 unspecified atom stereocenters. The van der Waals surface area contributed by atoms with Crippen LogP contribution in [0.25, 0.3) is 22.5 Å². The lowest BCUT2D eigenvalue weighted by Crippen LogP contribution is -2.02. The zero-order valence-electron chi connectivity index (χ0n) is 11.3. The van der Waals surface area contributed by atoms with Gasteiger partial charge in [0, 0.05) is 18.5 Å². The maximum atomic E-state index is 12.0. The first-order chi connectivity index (χ1) is 10.2. The van der Waals surface area contributed by atoms with Crippen LogP contribution in [0.15, 0.2) is 52.0 Å². The van der Waals surface area contributed by atoms with Gasteiger partial charge in [0.2, 0.25) is 0 Å². The van der Waals surface area contributed by atoms with Crippen LogP contribution < -0.4 is 15.9 Å². The van der Waals surface area contributed by atoms with Crippen molar-refractivity contribution < 1.29 is 9.26 Å². The number of pyridine rings is 1. The molecule has 0 aliphatic carbocycles. The number of H-pyrrole nitrogens is 1. The zero-order valence-corrected chi connectivity index (χ0v) is 11.3. The Morgan fingerprint density at radius 2 is 2.19 bits per heavy atom. The number of nitrogen functional groups attached to an aromatic ring is 1. The number of hydrogen-bond donors (Lipinski definition) is 2. The Kier molecular flexibility index (Phi) is 3.19. The number of methoxy groups -OCH3 is 1. The Bertz CT molecular complexity index is 836. The number of nitrogens with two attached hydrogens (primary N) is 1. The van der Waals surface area contributed by atoms with Crippen molar-refractivity contribution in [1.82, 2.24) is 10.1 Å². The maximum absolute atomic E-state index is 12.0. The molecule has 0 aliphatic heterocycles. The summed E-state index contributed by atoms with van der Waals surface area (Å²) in [7, 11) is 1.58. The van der Waals surface area contributed by atoms with Gasteiger partial charge in [-0.1, -0.05) is 17.3 Å². The molecule has 3 rings (SSSR count). The summed E-state index contributed by atoms with van der Waals surface area (Å²) in [5, 5.41) is 3.78. The number of anilines is 1. The van der Waals surface area contributed by atoms with E-state index in [0.717, 1.165) is 5.56 Å². The van der Waals surface area contributed by atoms with Crippen LogP contribution in [0.5, 0.6) is 5.75 Å². The van der Waals surface area contributed by atoms with Crippen molar-refractivity contribution in [2.75, 3.05) is 12.8 Å². The van der Waals surface area contributed by atoms with Crippen molar-refractivity contribution in [3.05, 3.63) is 52.9 Å². The minimum absolute atomic E-state index is 0.172. The summed E-state index contributed by atoms with van der Waals surface area (Å²) in [6.45, 7) is 0. The summed E-state index contributed by atoms with van der Waals surface area (Å²) >= 11 is 0. The Morgan fingerprint density at radius 1 is 1.33 bits per heavy atom. The lowest BCUT2D eigenvalue weighted by atomic mass is 10.0. The molecule has 3 N–H and O–H groups in total. The first-order valence-corrected chi connectivity index (χ1v) is 6.27. The van der Waals surface area contributed by atoms with E-state index in [2.05, 4.69) is 10.1 Å². The van der Waals surface area contributed by atoms with Gasteiger partial charge in [-0.15, -0.1) is 0 Å². The second-order valence-corrected chi connectivity index (χ2v) is 4.43. The fourth-order valence-electron chi connectivity index (χ4n) is 2.14. The quantitative estimate of drug-likeness (QED) is 0.769. The van der Waals surface area contributed by atoms with E-state index in [-0.39, 0.29) is 11.2 Å². The summed E-state index contributed by atoms with van der Waals surface area (Å²) in [6.07, 6.45) is 3.11. The van der Waals surface area contributed by atoms with Crippen LogP contribution in [-0.4, -0.2) is 17.3 Å². The molecule has 0 bridgehead atoms. The third-order valence-corrected chi connectivity index (χ3v) is 3.15. The fraction of sp³-hybridized carbons (Fsp3) is 0.0667. The highest BCUT2D eigenvalue weighted by atomic mass is 16.5. The molecule has 21 heavy (non-hydrogen) atoms. The van der Waals surface area contributed by atoms with Gasteiger partial charge in [0.05, 0.1) is 18.2 Å². The average molecular weight is 283 g/mol. The molecule has 6 heteroatoms. The van der Waals surface area contributed by atoms with E-state index in [1.807, 2.05) is 24.3 Å². The molecular weight excluding hydrogens is 270 g/mol. The van der Waals surface area contributed by atoms with Crippen LogP contribution in [0.4, 0.5) is 5.82 Å². The number of benzene rings is 1. The smallest absolute Gasteiger partial charge is 0.192 e. The van der Waals surface area contributed by atoms with Crippen molar-refractivity contribution >= 4 is 5.82 Å². The van der Waals surface area contributed by atoms with Crippen molar-refractivity contribution in [1.29, 1.82) is 0 Å². The summed E-state index contributed by atoms with van der Waals surface area (Å²) in [6, 6.07) is 8.74. The van der Waals surface area contributed by atoms with Crippen molar-refractivity contribution in [3.63, 3.8) is 0 Å². The predicted octanol–water partition coefficient (Wildman–Crippen LogP) is 2.29. The molecule has 6 nitrogen and oxygen atoms in total. The number of nitrogens with one attached hydrogen (secondary N) is 1. The van der Waals surface area contributed by atoms with E-state index in [1.54, 1.807) is 19.5 Å². The van der Waals surface area contributed by atoms with Crippen LogP contribution >= 0.6 is 0 Å². The van der Waals surface area contributed by atoms with Crippen molar-refractivity contribution in [3.8, 4) is 28.2 Å². The summed E-state index contributed by atoms with van der Waals surface area (Å²) in [5.74, 6) is 1.24. The van der Waals surface area contributed by atoms with Gasteiger partial charge >= 0.3 is 0 Å². The SMILES string of the molecule is COc1cccc(-c2c(N)noc2-c2c[nH]ccc2=O)c1. The Labute approximate surface area is 120 Å². The molecule has 0 radical (unpaired) electrons. The Hall–Kier alpha value is -3.02. The summed E-state index contributed by atoms with van der Waals surface area (Å²) in [4.78, 5) is 14.8. The molecule has 0 fully saturated rings. The van der Waals surface area contributed by atoms with Crippen LogP contribution in [-0.2, 0) is 0 Å². The minimum atomic E-state index is -0.172. The highest BCUT2D eigenvalue weighted by Gasteiger charge is 2.19. The molecule has 0 atom stereocenters. The molecule has 106 valence electrons. The lowest BCUT2D eigenvalue weighted by Gasteiger charge is -2.05. The first-order valence-electron chi connectivity index (χ1n) is 6.27. The normalized spacial score (nSPS) is 10.5. The number of aromatic amines is 1. The van der Waals surface area contributed by atoms with Crippen LogP contribution in [0.1, 0.15) is 0 Å². The highest BCUT2D eigenvalue weighted by Crippen LogP contribution is 2.36. The molecule has 0 saturated heterocycles. The highest BCUT2D eigenvalue weighted by molar-refractivity contribution is 5.86. The minimum Gasteiger partial charge on any atom is -0.497 e. The number of rotatable bonds is 3. The van der Waals surface area contributed by atoms with Crippen LogP contribution in [0, 0.1) is 0 Å². The summed E-state index contributed by atoms with van der Waals surface area (Å²) < 4.78 is 10.5. The Balaban J connectivity index is 2.22. The van der Waals surface area contributed by atoms with Crippen LogP contribution in [0.2, 0.25) is 0 Å². The molecule has 2 aromatic heterocycles. The lowest BCUT2D eigenvalue weighted by molar-refractivity contribution is 0.415. The van der Waals surface area contributed by atoms with Gasteiger partial charge in [-0.25, -0.2) is 0 Å². The molecule has 2 heterocycles. The van der Waals surface area contributed by atoms with E-state index < -0.39 is 0 Å². The molecule has 3 aromatic rings. The van der Waals surface area contributed by atoms with Crippen molar-refractivity contribution in [2.45, 2.75) is 0 Å². The predicted molar refractivity (Wildman–Crippen MR) is 79.0 cm³/mol. The monoisotopic (exact) mass is 283 g/mol. The van der Waals surface area contributed by atoms with E-state index >= 15 is 0 Å². The third-order valence-electron chi connectivity index (χ3n) is 3.15. The number of ether oxygens (including phenoxy) is 1. The molecule has 0 spiro atoms. The van der Waals surface area contributed by atoms with E-state index in [0.29, 0.717) is 22.6 Å². The zero-order chi connectivity index (χ0) is 14.8. The largest absolute Gasteiger partial charge is 0.497 e. The van der Waals surface area contributed by atoms with Gasteiger partial charge < -0.3 is 20.0 Å². The molecule has 0 saturated carbocycles. The second kappa shape index (κ2) is 5.16. The molecule has 0 aliphatic rings. The topological polar surface area (TPSA) is 94.1 Å². The van der Waals surface area contributed by atoms with Gasteiger partial charge in [0.25, 0.3) is 0 Å².